The molecule has 0 aliphatic carbocycles. The van der Waals surface area contributed by atoms with Crippen LogP contribution in [0.4, 0.5) is 24.5 Å². The molecule has 0 spiro atoms. The van der Waals surface area contributed by atoms with Crippen molar-refractivity contribution in [1.82, 2.24) is 4.90 Å². The molecule has 1 aliphatic heterocycles. The SMILES string of the molecule is Cc1ccccc1OCC(=O)Nc1cc(Cl)ccc1N1CCN(C(=O)C(F)(F)F)CC1. The van der Waals surface area contributed by atoms with E-state index in [2.05, 4.69) is 5.32 Å². The molecule has 6 nitrogen and oxygen atoms in total. The van der Waals surface area contributed by atoms with Crippen LogP contribution in [-0.4, -0.2) is 55.7 Å². The van der Waals surface area contributed by atoms with E-state index in [0.717, 1.165) is 10.5 Å². The van der Waals surface area contributed by atoms with Crippen molar-refractivity contribution in [2.24, 2.45) is 0 Å². The molecule has 0 bridgehead atoms. The molecular weight excluding hydrogens is 435 g/mol. The van der Waals surface area contributed by atoms with Crippen LogP contribution in [0.1, 0.15) is 5.56 Å². The largest absolute Gasteiger partial charge is 0.483 e. The van der Waals surface area contributed by atoms with Gasteiger partial charge in [0.15, 0.2) is 6.61 Å². The predicted octanol–water partition coefficient (Wildman–Crippen LogP) is 3.88. The van der Waals surface area contributed by atoms with Crippen molar-refractivity contribution < 1.29 is 27.5 Å². The molecule has 1 N–H and O–H groups in total. The minimum atomic E-state index is -4.89. The highest BCUT2D eigenvalue weighted by molar-refractivity contribution is 6.31. The van der Waals surface area contributed by atoms with Crippen LogP contribution < -0.4 is 15.0 Å². The number of alkyl halides is 3. The zero-order chi connectivity index (χ0) is 22.6. The predicted molar refractivity (Wildman–Crippen MR) is 112 cm³/mol. The van der Waals surface area contributed by atoms with Crippen LogP contribution in [0.15, 0.2) is 42.5 Å². The average Bonchev–Trinajstić information content (AvgIpc) is 2.72. The number of amides is 2. The van der Waals surface area contributed by atoms with Crippen LogP contribution >= 0.6 is 11.6 Å². The third-order valence-electron chi connectivity index (χ3n) is 4.84. The van der Waals surface area contributed by atoms with Crippen molar-refractivity contribution in [3.63, 3.8) is 0 Å². The summed E-state index contributed by atoms with van der Waals surface area (Å²) in [4.78, 5) is 26.4. The van der Waals surface area contributed by atoms with Crippen molar-refractivity contribution in [2.45, 2.75) is 13.1 Å². The number of carbonyl (C=O) groups is 2. The Labute approximate surface area is 182 Å². The Morgan fingerprint density at radius 1 is 1.10 bits per heavy atom. The Bertz CT molecular complexity index is 960. The lowest BCUT2D eigenvalue weighted by atomic mass is 10.2. The standard InChI is InChI=1S/C21H21ClF3N3O3/c1-14-4-2-3-5-18(14)31-13-19(29)26-16-12-15(22)6-7-17(16)27-8-10-28(11-9-27)20(30)21(23,24)25/h2-7,12H,8-11,13H2,1H3,(H,26,29). The third-order valence-corrected chi connectivity index (χ3v) is 5.07. The number of piperazine rings is 1. The van der Waals surface area contributed by atoms with E-state index in [9.17, 15) is 22.8 Å². The maximum atomic E-state index is 12.6. The molecule has 3 rings (SSSR count). The summed E-state index contributed by atoms with van der Waals surface area (Å²) in [5.74, 6) is -1.66. The van der Waals surface area contributed by atoms with Crippen LogP contribution in [0.25, 0.3) is 0 Å². The number of nitrogens with one attached hydrogen (secondary N) is 1. The van der Waals surface area contributed by atoms with Gasteiger partial charge in [-0.1, -0.05) is 29.8 Å². The van der Waals surface area contributed by atoms with Crippen LogP contribution in [0.2, 0.25) is 5.02 Å². The first-order valence-corrected chi connectivity index (χ1v) is 9.92. The molecule has 31 heavy (non-hydrogen) atoms. The zero-order valence-corrected chi connectivity index (χ0v) is 17.5. The summed E-state index contributed by atoms with van der Waals surface area (Å²) in [6, 6.07) is 12.2. The van der Waals surface area contributed by atoms with Gasteiger partial charge < -0.3 is 19.9 Å². The second-order valence-electron chi connectivity index (χ2n) is 7.04. The van der Waals surface area contributed by atoms with Crippen LogP contribution in [-0.2, 0) is 9.59 Å². The smallest absolute Gasteiger partial charge is 0.471 e. The molecule has 1 heterocycles. The molecule has 2 aromatic carbocycles. The van der Waals surface area contributed by atoms with Crippen molar-refractivity contribution >= 4 is 34.8 Å². The first kappa shape index (κ1) is 22.7. The van der Waals surface area contributed by atoms with Crippen molar-refractivity contribution in [1.29, 1.82) is 0 Å². The molecule has 0 atom stereocenters. The molecule has 0 radical (unpaired) electrons. The third kappa shape index (κ3) is 5.81. The fourth-order valence-corrected chi connectivity index (χ4v) is 3.43. The average molecular weight is 456 g/mol. The van der Waals surface area contributed by atoms with Gasteiger partial charge in [-0.25, -0.2) is 0 Å². The Hall–Kier alpha value is -2.94. The molecule has 0 aromatic heterocycles. The van der Waals surface area contributed by atoms with Crippen LogP contribution in [0.3, 0.4) is 0 Å². The molecule has 2 aromatic rings. The highest BCUT2D eigenvalue weighted by atomic mass is 35.5. The second kappa shape index (κ2) is 9.47. The number of rotatable bonds is 5. The van der Waals surface area contributed by atoms with E-state index in [1.165, 1.54) is 0 Å². The zero-order valence-electron chi connectivity index (χ0n) is 16.7. The summed E-state index contributed by atoms with van der Waals surface area (Å²) in [7, 11) is 0. The minimum Gasteiger partial charge on any atom is -0.483 e. The summed E-state index contributed by atoms with van der Waals surface area (Å²) < 4.78 is 43.5. The van der Waals surface area contributed by atoms with Crippen molar-refractivity contribution in [3.8, 4) is 5.75 Å². The molecule has 0 unspecified atom stereocenters. The fraction of sp³-hybridized carbons (Fsp3) is 0.333. The second-order valence-corrected chi connectivity index (χ2v) is 7.48. The lowest BCUT2D eigenvalue weighted by Gasteiger charge is -2.37. The Kier molecular flexibility index (Phi) is 6.94. The van der Waals surface area contributed by atoms with Gasteiger partial charge in [-0.3, -0.25) is 9.59 Å². The van der Waals surface area contributed by atoms with E-state index in [0.29, 0.717) is 22.1 Å². The van der Waals surface area contributed by atoms with Gasteiger partial charge in [0.25, 0.3) is 5.91 Å². The van der Waals surface area contributed by atoms with Gasteiger partial charge in [0.1, 0.15) is 5.75 Å². The van der Waals surface area contributed by atoms with Crippen LogP contribution in [0.5, 0.6) is 5.75 Å². The highest BCUT2D eigenvalue weighted by Gasteiger charge is 2.43. The molecule has 1 aliphatic rings. The van der Waals surface area contributed by atoms with E-state index in [-0.39, 0.29) is 32.8 Å². The number of ether oxygens (including phenoxy) is 1. The first-order valence-electron chi connectivity index (χ1n) is 9.54. The van der Waals surface area contributed by atoms with Crippen molar-refractivity contribution in [2.75, 3.05) is 43.0 Å². The van der Waals surface area contributed by atoms with Gasteiger partial charge in [0.2, 0.25) is 0 Å². The number of nitrogens with zero attached hydrogens (tertiary/aromatic N) is 2. The monoisotopic (exact) mass is 455 g/mol. The normalized spacial score (nSPS) is 14.4. The lowest BCUT2D eigenvalue weighted by molar-refractivity contribution is -0.185. The molecule has 2 amide bonds. The van der Waals surface area contributed by atoms with Crippen LogP contribution in [0, 0.1) is 6.92 Å². The Morgan fingerprint density at radius 2 is 1.77 bits per heavy atom. The van der Waals surface area contributed by atoms with E-state index >= 15 is 0 Å². The van der Waals surface area contributed by atoms with Gasteiger partial charge in [-0.2, -0.15) is 13.2 Å². The maximum Gasteiger partial charge on any atom is 0.471 e. The van der Waals surface area contributed by atoms with Gasteiger partial charge in [-0.05, 0) is 36.8 Å². The number of hydrogen-bond acceptors (Lipinski definition) is 4. The summed E-state index contributed by atoms with van der Waals surface area (Å²) in [5.41, 5.74) is 1.92. The van der Waals surface area contributed by atoms with Gasteiger partial charge >= 0.3 is 12.1 Å². The Balaban J connectivity index is 1.65. The molecule has 1 fully saturated rings. The van der Waals surface area contributed by atoms with E-state index < -0.39 is 18.0 Å². The first-order chi connectivity index (χ1) is 14.6. The lowest BCUT2D eigenvalue weighted by Crippen LogP contribution is -2.52. The summed E-state index contributed by atoms with van der Waals surface area (Å²) in [5, 5.41) is 3.14. The number of halogens is 4. The van der Waals surface area contributed by atoms with E-state index in [4.69, 9.17) is 16.3 Å². The maximum absolute atomic E-state index is 12.6. The number of benzene rings is 2. The van der Waals surface area contributed by atoms with E-state index in [1.807, 2.05) is 19.1 Å². The molecule has 0 saturated carbocycles. The van der Waals surface area contributed by atoms with E-state index in [1.54, 1.807) is 35.2 Å². The van der Waals surface area contributed by atoms with Gasteiger partial charge in [0.05, 0.1) is 11.4 Å². The molecule has 10 heteroatoms. The minimum absolute atomic E-state index is 0.0786. The summed E-state index contributed by atoms with van der Waals surface area (Å²) >= 11 is 6.07. The molecular formula is C21H21ClF3N3O3. The number of aryl methyl sites for hydroxylation is 1. The van der Waals surface area contributed by atoms with Crippen molar-refractivity contribution in [3.05, 3.63) is 53.1 Å². The summed E-state index contributed by atoms with van der Waals surface area (Å²) in [6.07, 6.45) is -4.89. The molecule has 1 saturated heterocycles. The van der Waals surface area contributed by atoms with Gasteiger partial charge in [-0.15, -0.1) is 0 Å². The van der Waals surface area contributed by atoms with Gasteiger partial charge in [0, 0.05) is 31.2 Å². The fourth-order valence-electron chi connectivity index (χ4n) is 3.26. The number of para-hydroxylation sites is 1. The number of anilines is 2. The quantitative estimate of drug-likeness (QED) is 0.743. The highest BCUT2D eigenvalue weighted by Crippen LogP contribution is 2.31. The summed E-state index contributed by atoms with van der Waals surface area (Å²) in [6.45, 7) is 1.86. The number of hydrogen-bond donors (Lipinski definition) is 1. The number of carbonyl (C=O) groups excluding carboxylic acids is 2. The Morgan fingerprint density at radius 3 is 2.42 bits per heavy atom. The topological polar surface area (TPSA) is 61.9 Å². The molecule has 166 valence electrons.